The SMILES string of the molecule is COc1ccc(-n2nc(-c3cccn3C)cc2C(=O)NCCN2CCOCC2)cc1. The highest BCUT2D eigenvalue weighted by Gasteiger charge is 2.19. The largest absolute Gasteiger partial charge is 0.497 e. The van der Waals surface area contributed by atoms with Crippen LogP contribution < -0.4 is 10.1 Å². The first-order valence-electron chi connectivity index (χ1n) is 10.1. The van der Waals surface area contributed by atoms with Gasteiger partial charge in [0.15, 0.2) is 0 Å². The number of benzene rings is 1. The zero-order valence-corrected chi connectivity index (χ0v) is 17.4. The van der Waals surface area contributed by atoms with Crippen LogP contribution in [0.1, 0.15) is 10.5 Å². The number of hydrogen-bond acceptors (Lipinski definition) is 5. The van der Waals surface area contributed by atoms with Crippen molar-refractivity contribution in [3.63, 3.8) is 0 Å². The van der Waals surface area contributed by atoms with Gasteiger partial charge in [0.2, 0.25) is 0 Å². The summed E-state index contributed by atoms with van der Waals surface area (Å²) in [6.07, 6.45) is 1.96. The predicted molar refractivity (Wildman–Crippen MR) is 114 cm³/mol. The monoisotopic (exact) mass is 409 g/mol. The standard InChI is InChI=1S/C22H27N5O3/c1-25-10-3-4-20(25)19-16-21(22(28)23-9-11-26-12-14-30-15-13-26)27(24-19)17-5-7-18(29-2)8-6-17/h3-8,10,16H,9,11-15H2,1-2H3,(H,23,28). The van der Waals surface area contributed by atoms with Crippen LogP contribution in [0.25, 0.3) is 17.1 Å². The van der Waals surface area contributed by atoms with Crippen LogP contribution in [-0.2, 0) is 11.8 Å². The summed E-state index contributed by atoms with van der Waals surface area (Å²) in [6, 6.07) is 13.3. The van der Waals surface area contributed by atoms with Gasteiger partial charge in [0.1, 0.15) is 17.1 Å². The van der Waals surface area contributed by atoms with Crippen molar-refractivity contribution in [3.05, 3.63) is 54.4 Å². The van der Waals surface area contributed by atoms with Crippen LogP contribution in [-0.4, -0.2) is 71.7 Å². The van der Waals surface area contributed by atoms with Gasteiger partial charge in [-0.25, -0.2) is 4.68 Å². The molecular weight excluding hydrogens is 382 g/mol. The Bertz CT molecular complexity index is 987. The van der Waals surface area contributed by atoms with Gasteiger partial charge < -0.3 is 19.4 Å². The Morgan fingerprint density at radius 1 is 1.20 bits per heavy atom. The Labute approximate surface area is 176 Å². The fourth-order valence-electron chi connectivity index (χ4n) is 3.56. The van der Waals surface area contributed by atoms with E-state index in [4.69, 9.17) is 14.6 Å². The predicted octanol–water partition coefficient (Wildman–Crippen LogP) is 1.95. The third-order valence-corrected chi connectivity index (χ3v) is 5.28. The van der Waals surface area contributed by atoms with E-state index in [2.05, 4.69) is 10.2 Å². The zero-order chi connectivity index (χ0) is 20.9. The Kier molecular flexibility index (Phi) is 6.15. The minimum atomic E-state index is -0.146. The Morgan fingerprint density at radius 2 is 1.97 bits per heavy atom. The molecule has 1 aliphatic rings. The first-order chi connectivity index (χ1) is 14.7. The van der Waals surface area contributed by atoms with Crippen LogP contribution in [0.5, 0.6) is 5.75 Å². The molecule has 30 heavy (non-hydrogen) atoms. The Balaban J connectivity index is 1.56. The van der Waals surface area contributed by atoms with Gasteiger partial charge in [0.25, 0.3) is 5.91 Å². The molecule has 158 valence electrons. The van der Waals surface area contributed by atoms with Crippen molar-refractivity contribution in [1.82, 2.24) is 24.6 Å². The van der Waals surface area contributed by atoms with Gasteiger partial charge in [-0.3, -0.25) is 9.69 Å². The number of nitrogens with one attached hydrogen (secondary N) is 1. The molecule has 0 saturated carbocycles. The second kappa shape index (κ2) is 9.15. The van der Waals surface area contributed by atoms with Gasteiger partial charge in [-0.2, -0.15) is 5.10 Å². The fourth-order valence-corrected chi connectivity index (χ4v) is 3.56. The second-order valence-electron chi connectivity index (χ2n) is 7.24. The third-order valence-electron chi connectivity index (χ3n) is 5.28. The van der Waals surface area contributed by atoms with Crippen LogP contribution in [0.3, 0.4) is 0 Å². The van der Waals surface area contributed by atoms with E-state index in [1.165, 1.54) is 0 Å². The van der Waals surface area contributed by atoms with Crippen molar-refractivity contribution < 1.29 is 14.3 Å². The summed E-state index contributed by atoms with van der Waals surface area (Å²) in [6.45, 7) is 4.67. The molecule has 0 unspecified atom stereocenters. The van der Waals surface area contributed by atoms with Crippen LogP contribution in [0.2, 0.25) is 0 Å². The van der Waals surface area contributed by atoms with Crippen LogP contribution in [0, 0.1) is 0 Å². The molecule has 0 bridgehead atoms. The van der Waals surface area contributed by atoms with Gasteiger partial charge in [-0.05, 0) is 42.5 Å². The fraction of sp³-hybridized carbons (Fsp3) is 0.364. The molecule has 3 aromatic rings. The molecule has 0 atom stereocenters. The average molecular weight is 409 g/mol. The summed E-state index contributed by atoms with van der Waals surface area (Å²) >= 11 is 0. The highest BCUT2D eigenvalue weighted by molar-refractivity contribution is 5.94. The highest BCUT2D eigenvalue weighted by atomic mass is 16.5. The van der Waals surface area contributed by atoms with E-state index in [-0.39, 0.29) is 5.91 Å². The normalized spacial score (nSPS) is 14.6. The number of methoxy groups -OCH3 is 1. The molecule has 3 heterocycles. The van der Waals surface area contributed by atoms with Crippen molar-refractivity contribution in [3.8, 4) is 22.8 Å². The quantitative estimate of drug-likeness (QED) is 0.646. The van der Waals surface area contributed by atoms with Crippen LogP contribution >= 0.6 is 0 Å². The molecule has 0 radical (unpaired) electrons. The molecule has 1 fully saturated rings. The average Bonchev–Trinajstić information content (AvgIpc) is 3.41. The minimum absolute atomic E-state index is 0.146. The van der Waals surface area contributed by atoms with E-state index in [0.717, 1.165) is 55.7 Å². The maximum absolute atomic E-state index is 13.0. The first-order valence-corrected chi connectivity index (χ1v) is 10.1. The smallest absolute Gasteiger partial charge is 0.270 e. The summed E-state index contributed by atoms with van der Waals surface area (Å²) < 4.78 is 14.3. The van der Waals surface area contributed by atoms with Gasteiger partial charge in [0, 0.05) is 39.4 Å². The van der Waals surface area contributed by atoms with E-state index in [9.17, 15) is 4.79 Å². The molecule has 8 heteroatoms. The number of carbonyl (C=O) groups excluding carboxylic acids is 1. The van der Waals surface area contributed by atoms with E-state index in [1.54, 1.807) is 11.8 Å². The van der Waals surface area contributed by atoms with E-state index >= 15 is 0 Å². The molecule has 1 N–H and O–H groups in total. The molecule has 1 amide bonds. The number of morpholine rings is 1. The van der Waals surface area contributed by atoms with Crippen LogP contribution in [0.4, 0.5) is 0 Å². The highest BCUT2D eigenvalue weighted by Crippen LogP contribution is 2.23. The summed E-state index contributed by atoms with van der Waals surface area (Å²) in [4.78, 5) is 15.3. The summed E-state index contributed by atoms with van der Waals surface area (Å²) in [5.41, 5.74) is 2.99. The molecule has 0 aliphatic carbocycles. The van der Waals surface area contributed by atoms with E-state index in [0.29, 0.717) is 12.2 Å². The number of hydrogen-bond donors (Lipinski definition) is 1. The van der Waals surface area contributed by atoms with Gasteiger partial charge >= 0.3 is 0 Å². The molecule has 1 aliphatic heterocycles. The molecule has 8 nitrogen and oxygen atoms in total. The lowest BCUT2D eigenvalue weighted by molar-refractivity contribution is 0.0383. The van der Waals surface area contributed by atoms with Gasteiger partial charge in [-0.1, -0.05) is 0 Å². The van der Waals surface area contributed by atoms with E-state index < -0.39 is 0 Å². The molecule has 2 aromatic heterocycles. The molecular formula is C22H27N5O3. The van der Waals surface area contributed by atoms with Gasteiger partial charge in [-0.15, -0.1) is 0 Å². The number of amides is 1. The van der Waals surface area contributed by atoms with Crippen molar-refractivity contribution in [1.29, 1.82) is 0 Å². The summed E-state index contributed by atoms with van der Waals surface area (Å²) in [5, 5.41) is 7.76. The van der Waals surface area contributed by atoms with Gasteiger partial charge in [0.05, 0.1) is 31.7 Å². The molecule has 1 saturated heterocycles. The molecule has 4 rings (SSSR count). The van der Waals surface area contributed by atoms with Crippen molar-refractivity contribution in [2.24, 2.45) is 7.05 Å². The maximum Gasteiger partial charge on any atom is 0.270 e. The number of aromatic nitrogens is 3. The lowest BCUT2D eigenvalue weighted by Gasteiger charge is -2.26. The maximum atomic E-state index is 13.0. The van der Waals surface area contributed by atoms with E-state index in [1.807, 2.05) is 60.3 Å². The summed E-state index contributed by atoms with van der Waals surface area (Å²) in [7, 11) is 3.59. The Hall–Kier alpha value is -3.10. The number of ether oxygens (including phenoxy) is 2. The number of aryl methyl sites for hydroxylation is 1. The van der Waals surface area contributed by atoms with Crippen molar-refractivity contribution >= 4 is 5.91 Å². The number of nitrogens with zero attached hydrogens (tertiary/aromatic N) is 4. The lowest BCUT2D eigenvalue weighted by atomic mass is 10.2. The lowest BCUT2D eigenvalue weighted by Crippen LogP contribution is -2.41. The second-order valence-corrected chi connectivity index (χ2v) is 7.24. The third kappa shape index (κ3) is 4.39. The van der Waals surface area contributed by atoms with Crippen LogP contribution in [0.15, 0.2) is 48.7 Å². The Morgan fingerprint density at radius 3 is 2.63 bits per heavy atom. The summed E-state index contributed by atoms with van der Waals surface area (Å²) in [5.74, 6) is 0.608. The number of rotatable bonds is 7. The topological polar surface area (TPSA) is 73.5 Å². The van der Waals surface area contributed by atoms with Crippen molar-refractivity contribution in [2.45, 2.75) is 0 Å². The molecule has 0 spiro atoms. The van der Waals surface area contributed by atoms with Crippen molar-refractivity contribution in [2.75, 3.05) is 46.5 Å². The molecule has 1 aromatic carbocycles. The zero-order valence-electron chi connectivity index (χ0n) is 17.4. The minimum Gasteiger partial charge on any atom is -0.497 e. The number of carbonyl (C=O) groups is 1. The first kappa shape index (κ1) is 20.2.